The van der Waals surface area contributed by atoms with Gasteiger partial charge in [-0.25, -0.2) is 14.3 Å². The molecule has 0 N–H and O–H groups in total. The van der Waals surface area contributed by atoms with Gasteiger partial charge in [0.25, 0.3) is 0 Å². The van der Waals surface area contributed by atoms with Crippen LogP contribution < -0.4 is 0 Å². The lowest BCUT2D eigenvalue weighted by Gasteiger charge is -2.12. The van der Waals surface area contributed by atoms with E-state index in [1.807, 2.05) is 48.5 Å². The second-order valence-corrected chi connectivity index (χ2v) is 7.21. The van der Waals surface area contributed by atoms with Crippen LogP contribution >= 0.6 is 0 Å². The minimum Gasteiger partial charge on any atom is -0.449 e. The summed E-state index contributed by atoms with van der Waals surface area (Å²) in [5.74, 6) is 0.216. The molecular formula is C26H16N4O2. The second-order valence-electron chi connectivity index (χ2n) is 7.21. The summed E-state index contributed by atoms with van der Waals surface area (Å²) in [5.41, 5.74) is 2.04. The van der Waals surface area contributed by atoms with Crippen molar-refractivity contribution in [3.63, 3.8) is 0 Å². The molecule has 0 fully saturated rings. The Kier molecular flexibility index (Phi) is 4.54. The number of ether oxygens (including phenoxy) is 1. The van der Waals surface area contributed by atoms with Gasteiger partial charge in [-0.1, -0.05) is 54.6 Å². The molecule has 0 aliphatic carbocycles. The molecule has 6 heteroatoms. The summed E-state index contributed by atoms with van der Waals surface area (Å²) in [4.78, 5) is 18.1. The van der Waals surface area contributed by atoms with E-state index in [9.17, 15) is 15.3 Å². The molecule has 5 rings (SSSR count). The predicted octanol–water partition coefficient (Wildman–Crippen LogP) is 5.76. The van der Waals surface area contributed by atoms with E-state index in [1.54, 1.807) is 25.1 Å². The first-order chi connectivity index (χ1) is 15.7. The molecule has 4 aromatic carbocycles. The zero-order valence-corrected chi connectivity index (χ0v) is 17.2. The number of fused-ring (bicyclic) bond motifs is 6. The summed E-state index contributed by atoms with van der Waals surface area (Å²) < 4.78 is 6.78. The van der Waals surface area contributed by atoms with Gasteiger partial charge in [-0.2, -0.15) is 10.5 Å². The zero-order valence-electron chi connectivity index (χ0n) is 17.2. The van der Waals surface area contributed by atoms with Crippen molar-refractivity contribution >= 4 is 38.7 Å². The first-order valence-electron chi connectivity index (χ1n) is 10.1. The van der Waals surface area contributed by atoms with Crippen molar-refractivity contribution in [3.8, 4) is 23.5 Å². The number of nitrogens with zero attached hydrogens (tertiary/aromatic N) is 4. The van der Waals surface area contributed by atoms with Crippen LogP contribution in [0.5, 0.6) is 0 Å². The van der Waals surface area contributed by atoms with Crippen molar-refractivity contribution in [2.75, 3.05) is 6.61 Å². The average molecular weight is 416 g/mol. The highest BCUT2D eigenvalue weighted by molar-refractivity contribution is 6.25. The molecule has 6 nitrogen and oxygen atoms in total. The van der Waals surface area contributed by atoms with E-state index in [4.69, 9.17) is 9.72 Å². The third-order valence-corrected chi connectivity index (χ3v) is 5.51. The Morgan fingerprint density at radius 3 is 2.03 bits per heavy atom. The van der Waals surface area contributed by atoms with Crippen LogP contribution in [0.2, 0.25) is 0 Å². The molecule has 0 bridgehead atoms. The molecule has 0 saturated heterocycles. The van der Waals surface area contributed by atoms with Gasteiger partial charge >= 0.3 is 6.09 Å². The van der Waals surface area contributed by atoms with Gasteiger partial charge in [-0.15, -0.1) is 0 Å². The summed E-state index contributed by atoms with van der Waals surface area (Å²) in [6.45, 7) is 1.91. The lowest BCUT2D eigenvalue weighted by molar-refractivity contribution is 0.155. The monoisotopic (exact) mass is 416 g/mol. The molecule has 32 heavy (non-hydrogen) atoms. The molecule has 0 aliphatic heterocycles. The number of rotatable bonds is 2. The highest BCUT2D eigenvalue weighted by Gasteiger charge is 2.26. The van der Waals surface area contributed by atoms with Crippen molar-refractivity contribution < 1.29 is 9.53 Å². The molecule has 0 radical (unpaired) electrons. The molecule has 0 saturated carbocycles. The number of nitriles is 2. The maximum Gasteiger partial charge on any atom is 0.420 e. The van der Waals surface area contributed by atoms with E-state index in [0.29, 0.717) is 16.6 Å². The summed E-state index contributed by atoms with van der Waals surface area (Å²) in [5, 5.41) is 23.2. The van der Waals surface area contributed by atoms with Gasteiger partial charge in [0.15, 0.2) is 5.82 Å². The molecule has 0 unspecified atom stereocenters. The van der Waals surface area contributed by atoms with Gasteiger partial charge in [0.2, 0.25) is 0 Å². The Hall–Kier alpha value is -4.68. The number of carbonyl (C=O) groups is 1. The van der Waals surface area contributed by atoms with Crippen LogP contribution in [0.3, 0.4) is 0 Å². The summed E-state index contributed by atoms with van der Waals surface area (Å²) in [6, 6.07) is 24.8. The largest absolute Gasteiger partial charge is 0.449 e. The van der Waals surface area contributed by atoms with Crippen molar-refractivity contribution in [1.82, 2.24) is 9.55 Å². The Labute approximate surface area is 183 Å². The SMILES string of the molecule is CCOC(=O)n1c(-c2c(C#N)cccc2C#N)nc2c3ccccc3c3ccccc3c21. The van der Waals surface area contributed by atoms with Crippen molar-refractivity contribution in [2.24, 2.45) is 0 Å². The number of benzene rings is 4. The van der Waals surface area contributed by atoms with E-state index in [0.717, 1.165) is 21.5 Å². The minimum absolute atomic E-state index is 0.175. The molecule has 0 spiro atoms. The predicted molar refractivity (Wildman–Crippen MR) is 122 cm³/mol. The molecule has 0 amide bonds. The van der Waals surface area contributed by atoms with Crippen LogP contribution in [0.4, 0.5) is 4.79 Å². The van der Waals surface area contributed by atoms with E-state index >= 15 is 0 Å². The first-order valence-corrected chi connectivity index (χ1v) is 10.1. The molecule has 0 atom stereocenters. The summed E-state index contributed by atoms with van der Waals surface area (Å²) in [7, 11) is 0. The van der Waals surface area contributed by atoms with Gasteiger partial charge < -0.3 is 4.74 Å². The highest BCUT2D eigenvalue weighted by atomic mass is 16.5. The van der Waals surface area contributed by atoms with E-state index in [-0.39, 0.29) is 23.6 Å². The van der Waals surface area contributed by atoms with Gasteiger partial charge in [-0.05, 0) is 29.8 Å². The molecule has 152 valence electrons. The Balaban J connectivity index is 2.06. The fourth-order valence-electron chi connectivity index (χ4n) is 4.22. The van der Waals surface area contributed by atoms with E-state index < -0.39 is 6.09 Å². The smallest absolute Gasteiger partial charge is 0.420 e. The number of hydrogen-bond donors (Lipinski definition) is 0. The Bertz CT molecular complexity index is 1600. The Morgan fingerprint density at radius 1 is 0.875 bits per heavy atom. The summed E-state index contributed by atoms with van der Waals surface area (Å²) in [6.07, 6.45) is -0.609. The normalized spacial score (nSPS) is 10.8. The lowest BCUT2D eigenvalue weighted by Crippen LogP contribution is -2.15. The lowest BCUT2D eigenvalue weighted by atomic mass is 10.00. The molecule has 1 aromatic heterocycles. The van der Waals surface area contributed by atoms with Gasteiger partial charge in [0, 0.05) is 10.8 Å². The van der Waals surface area contributed by atoms with Crippen LogP contribution in [0.25, 0.3) is 44.0 Å². The molecule has 0 aliphatic rings. The second kappa shape index (κ2) is 7.54. The average Bonchev–Trinajstić information content (AvgIpc) is 3.24. The third-order valence-electron chi connectivity index (χ3n) is 5.51. The maximum absolute atomic E-state index is 13.2. The van der Waals surface area contributed by atoms with Crippen LogP contribution in [-0.2, 0) is 4.74 Å². The summed E-state index contributed by atoms with van der Waals surface area (Å²) >= 11 is 0. The van der Waals surface area contributed by atoms with Crippen molar-refractivity contribution in [3.05, 3.63) is 77.9 Å². The fourth-order valence-corrected chi connectivity index (χ4v) is 4.22. The van der Waals surface area contributed by atoms with Crippen LogP contribution in [0.15, 0.2) is 66.7 Å². The van der Waals surface area contributed by atoms with E-state index in [2.05, 4.69) is 12.1 Å². The standard InChI is InChI=1S/C26H16N4O2/c1-2-32-26(31)30-24-21-13-6-4-11-19(21)18-10-3-5-12-20(18)23(24)29-25(30)22-16(14-27)8-7-9-17(22)15-28/h3-13H,2H2,1H3. The molecule has 1 heterocycles. The quantitative estimate of drug-likeness (QED) is 0.341. The zero-order chi connectivity index (χ0) is 22.2. The fraction of sp³-hybridized carbons (Fsp3) is 0.0769. The maximum atomic E-state index is 13.2. The van der Waals surface area contributed by atoms with Gasteiger partial charge in [0.1, 0.15) is 0 Å². The third kappa shape index (κ3) is 2.71. The Morgan fingerprint density at radius 2 is 1.44 bits per heavy atom. The number of aromatic nitrogens is 2. The number of carbonyl (C=O) groups excluding carboxylic acids is 1. The van der Waals surface area contributed by atoms with Crippen LogP contribution in [0, 0.1) is 22.7 Å². The topological polar surface area (TPSA) is 91.7 Å². The van der Waals surface area contributed by atoms with E-state index in [1.165, 1.54) is 4.57 Å². The first kappa shape index (κ1) is 19.3. The minimum atomic E-state index is -0.609. The number of hydrogen-bond acceptors (Lipinski definition) is 5. The van der Waals surface area contributed by atoms with Gasteiger partial charge in [-0.3, -0.25) is 0 Å². The van der Waals surface area contributed by atoms with Crippen molar-refractivity contribution in [2.45, 2.75) is 6.92 Å². The van der Waals surface area contributed by atoms with Gasteiger partial charge in [0.05, 0.1) is 46.5 Å². The number of imidazole rings is 1. The van der Waals surface area contributed by atoms with Crippen LogP contribution in [0.1, 0.15) is 18.1 Å². The molecular weight excluding hydrogens is 400 g/mol. The molecule has 5 aromatic rings. The highest BCUT2D eigenvalue weighted by Crippen LogP contribution is 2.38. The van der Waals surface area contributed by atoms with Crippen LogP contribution in [-0.4, -0.2) is 22.3 Å². The van der Waals surface area contributed by atoms with Crippen molar-refractivity contribution in [1.29, 1.82) is 10.5 Å².